The molecule has 7 nitrogen and oxygen atoms in total. The fraction of sp³-hybridized carbons (Fsp3) is 0.556. The topological polar surface area (TPSA) is 107 Å². The van der Waals surface area contributed by atoms with Crippen LogP contribution in [0.5, 0.6) is 0 Å². The highest BCUT2D eigenvalue weighted by molar-refractivity contribution is 5.39. The minimum atomic E-state index is 0.0630. The molecule has 16 heavy (non-hydrogen) atoms. The minimum Gasteiger partial charge on any atom is -0.339 e. The first kappa shape index (κ1) is 10.7. The largest absolute Gasteiger partial charge is 0.339 e. The van der Waals surface area contributed by atoms with E-state index in [1.807, 2.05) is 0 Å². The predicted molar refractivity (Wildman–Crippen MR) is 56.3 cm³/mol. The molecule has 3 N–H and O–H groups in total. The van der Waals surface area contributed by atoms with Gasteiger partial charge >= 0.3 is 0 Å². The van der Waals surface area contributed by atoms with Crippen LogP contribution < -0.4 is 5.73 Å². The van der Waals surface area contributed by atoms with Gasteiger partial charge in [0.05, 0.1) is 0 Å². The van der Waals surface area contributed by atoms with Crippen LogP contribution in [0.3, 0.4) is 0 Å². The van der Waals surface area contributed by atoms with E-state index in [1.165, 1.54) is 6.33 Å². The van der Waals surface area contributed by atoms with Gasteiger partial charge in [-0.2, -0.15) is 10.1 Å². The van der Waals surface area contributed by atoms with Crippen molar-refractivity contribution in [1.82, 2.24) is 25.3 Å². The summed E-state index contributed by atoms with van der Waals surface area (Å²) < 4.78 is 5.08. The maximum absolute atomic E-state index is 5.88. The molecule has 0 fully saturated rings. The Hall–Kier alpha value is -1.76. The molecule has 0 aromatic carbocycles. The number of H-pyrrole nitrogens is 1. The number of aromatic amines is 1. The molecular weight excluding hydrogens is 208 g/mol. The highest BCUT2D eigenvalue weighted by Crippen LogP contribution is 2.10. The van der Waals surface area contributed by atoms with Gasteiger partial charge in [0.25, 0.3) is 0 Å². The van der Waals surface area contributed by atoms with Crippen molar-refractivity contribution in [3.8, 4) is 11.6 Å². The molecule has 0 saturated heterocycles. The van der Waals surface area contributed by atoms with Crippen molar-refractivity contribution in [2.45, 2.75) is 32.2 Å². The van der Waals surface area contributed by atoms with Crippen LogP contribution in [0.25, 0.3) is 11.6 Å². The quantitative estimate of drug-likeness (QED) is 0.764. The molecule has 2 aromatic heterocycles. The summed E-state index contributed by atoms with van der Waals surface area (Å²) in [5.74, 6) is 1.45. The lowest BCUT2D eigenvalue weighted by Gasteiger charge is -2.04. The third-order valence-electron chi connectivity index (χ3n) is 2.19. The monoisotopic (exact) mass is 222 g/mol. The first-order valence-corrected chi connectivity index (χ1v) is 5.23. The lowest BCUT2D eigenvalue weighted by molar-refractivity contribution is 0.366. The predicted octanol–water partition coefficient (Wildman–Crippen LogP) is 0.525. The van der Waals surface area contributed by atoms with Crippen molar-refractivity contribution >= 4 is 0 Å². The third-order valence-corrected chi connectivity index (χ3v) is 2.19. The van der Waals surface area contributed by atoms with Crippen LogP contribution in [0, 0.1) is 0 Å². The summed E-state index contributed by atoms with van der Waals surface area (Å²) in [5.41, 5.74) is 5.88. The first-order chi connectivity index (χ1) is 7.79. The van der Waals surface area contributed by atoms with Crippen LogP contribution in [0.1, 0.15) is 25.7 Å². The van der Waals surface area contributed by atoms with Crippen molar-refractivity contribution in [3.05, 3.63) is 12.2 Å². The fourth-order valence-electron chi connectivity index (χ4n) is 1.44. The number of aromatic nitrogens is 5. The molecule has 0 spiro atoms. The zero-order valence-corrected chi connectivity index (χ0v) is 9.05. The van der Waals surface area contributed by atoms with Gasteiger partial charge < -0.3 is 10.3 Å². The molecule has 1 atom stereocenters. The SMILES string of the molecule is CCCC(N)Cc1nc(-c2ncn[nH]2)no1. The summed E-state index contributed by atoms with van der Waals surface area (Å²) in [6, 6.07) is 0.0630. The average molecular weight is 222 g/mol. The Bertz CT molecular complexity index is 423. The second-order valence-electron chi connectivity index (χ2n) is 3.60. The fourth-order valence-corrected chi connectivity index (χ4v) is 1.44. The van der Waals surface area contributed by atoms with Crippen LogP contribution in [-0.4, -0.2) is 31.4 Å². The molecule has 0 aliphatic rings. The summed E-state index contributed by atoms with van der Waals surface area (Å²) in [6.45, 7) is 2.09. The summed E-state index contributed by atoms with van der Waals surface area (Å²) >= 11 is 0. The molecule has 0 bridgehead atoms. The van der Waals surface area contributed by atoms with Gasteiger partial charge in [0.1, 0.15) is 6.33 Å². The number of hydrogen-bond donors (Lipinski definition) is 2. The molecule has 0 amide bonds. The Kier molecular flexibility index (Phi) is 3.25. The van der Waals surface area contributed by atoms with Gasteiger partial charge in [0.15, 0.2) is 5.82 Å². The van der Waals surface area contributed by atoms with E-state index in [4.69, 9.17) is 10.3 Å². The number of rotatable bonds is 5. The van der Waals surface area contributed by atoms with E-state index in [0.717, 1.165) is 12.8 Å². The van der Waals surface area contributed by atoms with Crippen molar-refractivity contribution in [3.63, 3.8) is 0 Å². The molecule has 0 radical (unpaired) electrons. The van der Waals surface area contributed by atoms with E-state index < -0.39 is 0 Å². The molecule has 0 aliphatic carbocycles. The molecule has 7 heteroatoms. The van der Waals surface area contributed by atoms with Crippen LogP contribution in [-0.2, 0) is 6.42 Å². The van der Waals surface area contributed by atoms with Crippen molar-refractivity contribution < 1.29 is 4.52 Å². The zero-order chi connectivity index (χ0) is 11.4. The lowest BCUT2D eigenvalue weighted by Crippen LogP contribution is -2.22. The van der Waals surface area contributed by atoms with E-state index in [0.29, 0.717) is 24.0 Å². The molecule has 86 valence electrons. The summed E-state index contributed by atoms with van der Waals surface area (Å²) in [5, 5.41) is 10.2. The maximum atomic E-state index is 5.88. The number of nitrogens with one attached hydrogen (secondary N) is 1. The number of nitrogens with two attached hydrogens (primary N) is 1. The molecule has 2 aromatic rings. The summed E-state index contributed by atoms with van der Waals surface area (Å²) in [7, 11) is 0. The van der Waals surface area contributed by atoms with Gasteiger partial charge in [-0.1, -0.05) is 18.5 Å². The highest BCUT2D eigenvalue weighted by Gasteiger charge is 2.13. The molecule has 0 aliphatic heterocycles. The standard InChI is InChI=1S/C9H14N6O/c1-2-3-6(10)4-7-13-9(15-16-7)8-11-5-12-14-8/h5-6H,2-4,10H2,1H3,(H,11,12,14). The molecule has 0 saturated carbocycles. The van der Waals surface area contributed by atoms with Gasteiger partial charge in [0.2, 0.25) is 11.7 Å². The van der Waals surface area contributed by atoms with Crippen molar-refractivity contribution in [2.75, 3.05) is 0 Å². The summed E-state index contributed by atoms with van der Waals surface area (Å²) in [4.78, 5) is 8.12. The van der Waals surface area contributed by atoms with E-state index >= 15 is 0 Å². The Labute approximate surface area is 92.5 Å². The van der Waals surface area contributed by atoms with E-state index in [9.17, 15) is 0 Å². The molecular formula is C9H14N6O. The third kappa shape index (κ3) is 2.43. The number of nitrogens with zero attached hydrogens (tertiary/aromatic N) is 4. The van der Waals surface area contributed by atoms with Gasteiger partial charge in [-0.25, -0.2) is 4.98 Å². The Balaban J connectivity index is 2.03. The second kappa shape index (κ2) is 4.84. The van der Waals surface area contributed by atoms with Crippen LogP contribution in [0.4, 0.5) is 0 Å². The lowest BCUT2D eigenvalue weighted by atomic mass is 10.1. The smallest absolute Gasteiger partial charge is 0.239 e. The van der Waals surface area contributed by atoms with Crippen LogP contribution in [0.2, 0.25) is 0 Å². The molecule has 2 rings (SSSR count). The highest BCUT2D eigenvalue weighted by atomic mass is 16.5. The average Bonchev–Trinajstić information content (AvgIpc) is 2.86. The first-order valence-electron chi connectivity index (χ1n) is 5.23. The van der Waals surface area contributed by atoms with Gasteiger partial charge in [-0.3, -0.25) is 5.10 Å². The van der Waals surface area contributed by atoms with E-state index in [1.54, 1.807) is 0 Å². The Morgan fingerprint density at radius 1 is 1.56 bits per heavy atom. The van der Waals surface area contributed by atoms with E-state index in [-0.39, 0.29) is 6.04 Å². The molecule has 2 heterocycles. The normalized spacial score (nSPS) is 12.9. The van der Waals surface area contributed by atoms with Crippen LogP contribution >= 0.6 is 0 Å². The van der Waals surface area contributed by atoms with Gasteiger partial charge in [-0.05, 0) is 6.42 Å². The summed E-state index contributed by atoms with van der Waals surface area (Å²) in [6.07, 6.45) is 3.98. The minimum absolute atomic E-state index is 0.0630. The van der Waals surface area contributed by atoms with E-state index in [2.05, 4.69) is 32.2 Å². The molecule has 1 unspecified atom stereocenters. The Morgan fingerprint density at radius 3 is 3.12 bits per heavy atom. The zero-order valence-electron chi connectivity index (χ0n) is 9.05. The van der Waals surface area contributed by atoms with Crippen LogP contribution in [0.15, 0.2) is 10.9 Å². The van der Waals surface area contributed by atoms with Crippen molar-refractivity contribution in [2.24, 2.45) is 5.73 Å². The second-order valence-corrected chi connectivity index (χ2v) is 3.60. The number of hydrogen-bond acceptors (Lipinski definition) is 6. The van der Waals surface area contributed by atoms with Crippen molar-refractivity contribution in [1.29, 1.82) is 0 Å². The maximum Gasteiger partial charge on any atom is 0.239 e. The van der Waals surface area contributed by atoms with Gasteiger partial charge in [-0.15, -0.1) is 0 Å². The van der Waals surface area contributed by atoms with Gasteiger partial charge in [0, 0.05) is 12.5 Å². The Morgan fingerprint density at radius 2 is 2.44 bits per heavy atom.